The SMILES string of the molecule is CCOc1cccc(CNc2nc(C(F)(F)F)cc(=O)[nH]2)c1. The quantitative estimate of drug-likeness (QED) is 0.891. The van der Waals surface area contributed by atoms with Crippen LogP contribution < -0.4 is 15.6 Å². The van der Waals surface area contributed by atoms with Gasteiger partial charge in [-0.2, -0.15) is 13.2 Å². The van der Waals surface area contributed by atoms with Gasteiger partial charge in [0.2, 0.25) is 5.95 Å². The summed E-state index contributed by atoms with van der Waals surface area (Å²) in [5.74, 6) is 0.425. The molecule has 0 amide bonds. The van der Waals surface area contributed by atoms with Crippen LogP contribution in [0.2, 0.25) is 0 Å². The number of nitrogens with zero attached hydrogens (tertiary/aromatic N) is 1. The molecule has 0 aliphatic carbocycles. The molecule has 118 valence electrons. The standard InChI is InChI=1S/C14H14F3N3O2/c1-2-22-10-5-3-4-9(6-10)8-18-13-19-11(14(15,16)17)7-12(21)20-13/h3-7H,2,8H2,1H3,(H2,18,19,20,21). The summed E-state index contributed by atoms with van der Waals surface area (Å²) in [6, 6.07) is 7.49. The van der Waals surface area contributed by atoms with Crippen LogP contribution in [0.5, 0.6) is 5.75 Å². The summed E-state index contributed by atoms with van der Waals surface area (Å²) in [5, 5.41) is 2.66. The second kappa shape index (κ2) is 6.50. The maximum atomic E-state index is 12.6. The summed E-state index contributed by atoms with van der Waals surface area (Å²) < 4.78 is 43.1. The molecule has 2 N–H and O–H groups in total. The lowest BCUT2D eigenvalue weighted by Crippen LogP contribution is -2.18. The molecular formula is C14H14F3N3O2. The summed E-state index contributed by atoms with van der Waals surface area (Å²) in [7, 11) is 0. The van der Waals surface area contributed by atoms with E-state index in [2.05, 4.69) is 15.3 Å². The highest BCUT2D eigenvalue weighted by Gasteiger charge is 2.33. The molecule has 0 saturated heterocycles. The maximum absolute atomic E-state index is 12.6. The molecule has 0 unspecified atom stereocenters. The number of halogens is 3. The molecule has 1 aromatic heterocycles. The average molecular weight is 313 g/mol. The Kier molecular flexibility index (Phi) is 4.69. The molecule has 22 heavy (non-hydrogen) atoms. The van der Waals surface area contributed by atoms with Gasteiger partial charge in [0.25, 0.3) is 5.56 Å². The van der Waals surface area contributed by atoms with E-state index in [0.29, 0.717) is 18.4 Å². The Morgan fingerprint density at radius 3 is 2.77 bits per heavy atom. The summed E-state index contributed by atoms with van der Waals surface area (Å²) in [6.45, 7) is 2.56. The number of anilines is 1. The van der Waals surface area contributed by atoms with Gasteiger partial charge in [-0.1, -0.05) is 12.1 Å². The van der Waals surface area contributed by atoms with E-state index in [4.69, 9.17) is 4.74 Å². The molecule has 2 rings (SSSR count). The fraction of sp³-hybridized carbons (Fsp3) is 0.286. The van der Waals surface area contributed by atoms with Gasteiger partial charge in [0.15, 0.2) is 5.69 Å². The molecule has 0 fully saturated rings. The van der Waals surface area contributed by atoms with Gasteiger partial charge in [0.05, 0.1) is 6.61 Å². The molecule has 0 bridgehead atoms. The van der Waals surface area contributed by atoms with Crippen LogP contribution in [0.4, 0.5) is 19.1 Å². The molecule has 0 aliphatic rings. The minimum Gasteiger partial charge on any atom is -0.494 e. The van der Waals surface area contributed by atoms with Crippen molar-refractivity contribution in [3.63, 3.8) is 0 Å². The van der Waals surface area contributed by atoms with Crippen molar-refractivity contribution in [3.05, 3.63) is 51.9 Å². The van der Waals surface area contributed by atoms with Crippen LogP contribution in [0, 0.1) is 0 Å². The molecule has 1 heterocycles. The van der Waals surface area contributed by atoms with E-state index in [1.54, 1.807) is 24.3 Å². The maximum Gasteiger partial charge on any atom is 0.433 e. The largest absolute Gasteiger partial charge is 0.494 e. The Labute approximate surface area is 124 Å². The predicted molar refractivity (Wildman–Crippen MR) is 74.8 cm³/mol. The monoisotopic (exact) mass is 313 g/mol. The van der Waals surface area contributed by atoms with Crippen molar-refractivity contribution in [2.75, 3.05) is 11.9 Å². The van der Waals surface area contributed by atoms with Crippen LogP contribution in [0.1, 0.15) is 18.2 Å². The number of nitrogens with one attached hydrogen (secondary N) is 2. The lowest BCUT2D eigenvalue weighted by atomic mass is 10.2. The zero-order chi connectivity index (χ0) is 16.2. The van der Waals surface area contributed by atoms with Crippen molar-refractivity contribution < 1.29 is 17.9 Å². The fourth-order valence-corrected chi connectivity index (χ4v) is 1.78. The molecule has 0 saturated carbocycles. The van der Waals surface area contributed by atoms with Gasteiger partial charge in [-0.3, -0.25) is 9.78 Å². The number of benzene rings is 1. The van der Waals surface area contributed by atoms with Crippen molar-refractivity contribution in [1.82, 2.24) is 9.97 Å². The van der Waals surface area contributed by atoms with E-state index in [0.717, 1.165) is 5.56 Å². The summed E-state index contributed by atoms with van der Waals surface area (Å²) >= 11 is 0. The van der Waals surface area contributed by atoms with Gasteiger partial charge in [-0.15, -0.1) is 0 Å². The van der Waals surface area contributed by atoms with Crippen molar-refractivity contribution in [2.24, 2.45) is 0 Å². The number of ether oxygens (including phenoxy) is 1. The van der Waals surface area contributed by atoms with Crippen molar-refractivity contribution >= 4 is 5.95 Å². The summed E-state index contributed by atoms with van der Waals surface area (Å²) in [6.07, 6.45) is -4.67. The van der Waals surface area contributed by atoms with Gasteiger partial charge in [-0.05, 0) is 24.6 Å². The molecule has 2 aromatic rings. The molecule has 0 atom stereocenters. The second-order valence-corrected chi connectivity index (χ2v) is 4.41. The van der Waals surface area contributed by atoms with E-state index in [1.807, 2.05) is 6.92 Å². The van der Waals surface area contributed by atoms with E-state index < -0.39 is 17.4 Å². The lowest BCUT2D eigenvalue weighted by molar-refractivity contribution is -0.141. The van der Waals surface area contributed by atoms with E-state index in [-0.39, 0.29) is 12.5 Å². The number of hydrogen-bond donors (Lipinski definition) is 2. The molecular weight excluding hydrogens is 299 g/mol. The van der Waals surface area contributed by atoms with Crippen molar-refractivity contribution in [3.8, 4) is 5.75 Å². The Hall–Kier alpha value is -2.51. The number of aromatic nitrogens is 2. The molecule has 8 heteroatoms. The average Bonchev–Trinajstić information content (AvgIpc) is 2.44. The first kappa shape index (κ1) is 15.9. The highest BCUT2D eigenvalue weighted by Crippen LogP contribution is 2.26. The van der Waals surface area contributed by atoms with Gasteiger partial charge in [0.1, 0.15) is 5.75 Å². The van der Waals surface area contributed by atoms with Crippen molar-refractivity contribution in [2.45, 2.75) is 19.6 Å². The number of rotatable bonds is 5. The Bertz CT molecular complexity index is 698. The molecule has 0 radical (unpaired) electrons. The van der Waals surface area contributed by atoms with Crippen LogP contribution in [-0.4, -0.2) is 16.6 Å². The number of H-pyrrole nitrogens is 1. The smallest absolute Gasteiger partial charge is 0.433 e. The normalized spacial score (nSPS) is 11.3. The highest BCUT2D eigenvalue weighted by molar-refractivity contribution is 5.33. The van der Waals surface area contributed by atoms with Crippen LogP contribution >= 0.6 is 0 Å². The van der Waals surface area contributed by atoms with E-state index in [9.17, 15) is 18.0 Å². The number of alkyl halides is 3. The van der Waals surface area contributed by atoms with Gasteiger partial charge in [0, 0.05) is 12.6 Å². The molecule has 0 spiro atoms. The van der Waals surface area contributed by atoms with E-state index in [1.165, 1.54) is 0 Å². The first-order valence-corrected chi connectivity index (χ1v) is 6.52. The molecule has 0 aliphatic heterocycles. The Morgan fingerprint density at radius 2 is 2.09 bits per heavy atom. The predicted octanol–water partition coefficient (Wildman–Crippen LogP) is 2.80. The summed E-state index contributed by atoms with van der Waals surface area (Å²) in [4.78, 5) is 16.8. The zero-order valence-corrected chi connectivity index (χ0v) is 11.7. The third kappa shape index (κ3) is 4.24. The Morgan fingerprint density at radius 1 is 1.32 bits per heavy atom. The van der Waals surface area contributed by atoms with Gasteiger partial charge in [-0.25, -0.2) is 4.98 Å². The third-order valence-corrected chi connectivity index (χ3v) is 2.70. The zero-order valence-electron chi connectivity index (χ0n) is 11.7. The first-order valence-electron chi connectivity index (χ1n) is 6.52. The number of hydrogen-bond acceptors (Lipinski definition) is 4. The second-order valence-electron chi connectivity index (χ2n) is 4.41. The van der Waals surface area contributed by atoms with E-state index >= 15 is 0 Å². The lowest BCUT2D eigenvalue weighted by Gasteiger charge is -2.10. The molecule has 1 aromatic carbocycles. The molecule has 5 nitrogen and oxygen atoms in total. The van der Waals surface area contributed by atoms with Gasteiger partial charge < -0.3 is 10.1 Å². The minimum absolute atomic E-state index is 0.200. The summed E-state index contributed by atoms with van der Waals surface area (Å²) in [5.41, 5.74) is -1.32. The van der Waals surface area contributed by atoms with Crippen LogP contribution in [-0.2, 0) is 12.7 Å². The Balaban J connectivity index is 2.13. The minimum atomic E-state index is -4.67. The van der Waals surface area contributed by atoms with Crippen molar-refractivity contribution in [1.29, 1.82) is 0 Å². The van der Waals surface area contributed by atoms with Gasteiger partial charge >= 0.3 is 6.18 Å². The van der Waals surface area contributed by atoms with Crippen LogP contribution in [0.3, 0.4) is 0 Å². The number of aromatic amines is 1. The highest BCUT2D eigenvalue weighted by atomic mass is 19.4. The van der Waals surface area contributed by atoms with Crippen LogP contribution in [0.25, 0.3) is 0 Å². The topological polar surface area (TPSA) is 67.0 Å². The van der Waals surface area contributed by atoms with Crippen LogP contribution in [0.15, 0.2) is 35.1 Å². The third-order valence-electron chi connectivity index (χ3n) is 2.70. The fourth-order valence-electron chi connectivity index (χ4n) is 1.78. The first-order chi connectivity index (χ1) is 10.4.